The lowest BCUT2D eigenvalue weighted by Crippen LogP contribution is -2.51. The molecule has 30 heavy (non-hydrogen) atoms. The summed E-state index contributed by atoms with van der Waals surface area (Å²) in [5.41, 5.74) is 0.111. The van der Waals surface area contributed by atoms with Gasteiger partial charge in [0.05, 0.1) is 12.3 Å². The number of hydrogen-bond donors (Lipinski definition) is 2. The van der Waals surface area contributed by atoms with E-state index in [4.69, 9.17) is 0 Å². The van der Waals surface area contributed by atoms with Gasteiger partial charge in [-0.2, -0.15) is 0 Å². The summed E-state index contributed by atoms with van der Waals surface area (Å²) in [6, 6.07) is 6.81. The molecule has 0 radical (unpaired) electrons. The van der Waals surface area contributed by atoms with Gasteiger partial charge in [-0.3, -0.25) is 0 Å². The fourth-order valence-electron chi connectivity index (χ4n) is 3.46. The third kappa shape index (κ3) is 4.81. The lowest BCUT2D eigenvalue weighted by molar-refractivity contribution is -0.000881. The second-order valence-electron chi connectivity index (χ2n) is 7.16. The van der Waals surface area contributed by atoms with Gasteiger partial charge in [0.2, 0.25) is 10.0 Å². The predicted molar refractivity (Wildman–Crippen MR) is 104 cm³/mol. The Balaban J connectivity index is 1.90. The molecule has 1 aliphatic rings. The van der Waals surface area contributed by atoms with Gasteiger partial charge < -0.3 is 5.32 Å². The first kappa shape index (κ1) is 22.6. The molecule has 1 fully saturated rings. The van der Waals surface area contributed by atoms with E-state index in [0.29, 0.717) is 0 Å². The molecule has 0 amide bonds. The van der Waals surface area contributed by atoms with Gasteiger partial charge in [0.15, 0.2) is 0 Å². The fourth-order valence-corrected chi connectivity index (χ4v) is 4.35. The van der Waals surface area contributed by atoms with Crippen LogP contribution in [0.5, 0.6) is 0 Å². The van der Waals surface area contributed by atoms with E-state index >= 15 is 4.39 Å². The van der Waals surface area contributed by atoms with E-state index in [1.165, 1.54) is 49.4 Å². The summed E-state index contributed by atoms with van der Waals surface area (Å²) < 4.78 is 95.2. The van der Waals surface area contributed by atoms with Crippen molar-refractivity contribution in [1.29, 1.82) is 0 Å². The molecule has 1 saturated heterocycles. The van der Waals surface area contributed by atoms with Crippen LogP contribution in [0.3, 0.4) is 0 Å². The van der Waals surface area contributed by atoms with Crippen LogP contribution in [0.25, 0.3) is 11.1 Å². The Morgan fingerprint density at radius 3 is 2.57 bits per heavy atom. The Kier molecular flexibility index (Phi) is 6.49. The van der Waals surface area contributed by atoms with Crippen molar-refractivity contribution in [3.63, 3.8) is 0 Å². The highest BCUT2D eigenvalue weighted by Crippen LogP contribution is 2.32. The molecule has 0 aromatic heterocycles. The van der Waals surface area contributed by atoms with Crippen LogP contribution in [-0.2, 0) is 16.4 Å². The standard InChI is InChI=1S/C20H21F5N2O2S/c1-2-30(28,29)27-18-16(26-11-20(18,24)25)10-13-6-4-8-15(17(13)21)12-5-3-7-14(9-12)19(22)23/h3-9,16,18-19,26-27H,2,10-11H2,1H3/t16-,18+/m0/s1. The maximum absolute atomic E-state index is 15.1. The Labute approximate surface area is 171 Å². The smallest absolute Gasteiger partial charge is 0.277 e. The van der Waals surface area contributed by atoms with Crippen LogP contribution < -0.4 is 10.0 Å². The number of rotatable bonds is 7. The molecule has 1 aliphatic heterocycles. The van der Waals surface area contributed by atoms with Crippen molar-refractivity contribution in [2.24, 2.45) is 0 Å². The Morgan fingerprint density at radius 1 is 1.20 bits per heavy atom. The molecule has 10 heteroatoms. The molecular weight excluding hydrogens is 427 g/mol. The monoisotopic (exact) mass is 448 g/mol. The molecule has 2 aromatic carbocycles. The van der Waals surface area contributed by atoms with Crippen molar-refractivity contribution >= 4 is 10.0 Å². The van der Waals surface area contributed by atoms with Crippen LogP contribution in [0.2, 0.25) is 0 Å². The minimum Gasteiger partial charge on any atom is -0.306 e. The molecule has 0 unspecified atom stereocenters. The third-order valence-corrected chi connectivity index (χ3v) is 6.49. The summed E-state index contributed by atoms with van der Waals surface area (Å²) >= 11 is 0. The zero-order valence-electron chi connectivity index (χ0n) is 16.0. The highest BCUT2D eigenvalue weighted by atomic mass is 32.2. The molecule has 0 aliphatic carbocycles. The zero-order chi connectivity index (χ0) is 22.1. The molecule has 2 atom stereocenters. The molecule has 2 N–H and O–H groups in total. The van der Waals surface area contributed by atoms with E-state index < -0.39 is 46.8 Å². The minimum absolute atomic E-state index is 0.0606. The van der Waals surface area contributed by atoms with Crippen molar-refractivity contribution < 1.29 is 30.4 Å². The van der Waals surface area contributed by atoms with Crippen molar-refractivity contribution in [1.82, 2.24) is 10.0 Å². The van der Waals surface area contributed by atoms with Crippen LogP contribution in [-0.4, -0.2) is 38.7 Å². The van der Waals surface area contributed by atoms with Crippen LogP contribution >= 0.6 is 0 Å². The molecule has 4 nitrogen and oxygen atoms in total. The van der Waals surface area contributed by atoms with E-state index in [1.54, 1.807) is 0 Å². The van der Waals surface area contributed by atoms with Gasteiger partial charge in [-0.15, -0.1) is 0 Å². The first-order chi connectivity index (χ1) is 14.0. The summed E-state index contributed by atoms with van der Waals surface area (Å²) in [4.78, 5) is 0. The first-order valence-corrected chi connectivity index (χ1v) is 11.0. The molecule has 1 heterocycles. The topological polar surface area (TPSA) is 58.2 Å². The van der Waals surface area contributed by atoms with E-state index in [1.807, 2.05) is 4.72 Å². The van der Waals surface area contributed by atoms with Gasteiger partial charge in [0.1, 0.15) is 11.9 Å². The molecule has 2 aromatic rings. The van der Waals surface area contributed by atoms with E-state index in [2.05, 4.69) is 5.32 Å². The highest BCUT2D eigenvalue weighted by molar-refractivity contribution is 7.89. The second kappa shape index (κ2) is 8.60. The van der Waals surface area contributed by atoms with Crippen LogP contribution in [0.1, 0.15) is 24.5 Å². The molecular formula is C20H21F5N2O2S. The normalized spacial score (nSPS) is 21.3. The third-order valence-electron chi connectivity index (χ3n) is 5.11. The SMILES string of the molecule is CCS(=O)(=O)N[C@@H]1[C@H](Cc2cccc(-c3cccc(C(F)F)c3)c2F)NCC1(F)F. The van der Waals surface area contributed by atoms with Crippen LogP contribution in [0, 0.1) is 5.82 Å². The van der Waals surface area contributed by atoms with Crippen LogP contribution in [0.4, 0.5) is 22.0 Å². The predicted octanol–water partition coefficient (Wildman–Crippen LogP) is 3.89. The van der Waals surface area contributed by atoms with E-state index in [9.17, 15) is 26.0 Å². The number of hydrogen-bond acceptors (Lipinski definition) is 3. The van der Waals surface area contributed by atoms with Gasteiger partial charge >= 0.3 is 0 Å². The van der Waals surface area contributed by atoms with Gasteiger partial charge in [-0.1, -0.05) is 36.4 Å². The maximum Gasteiger partial charge on any atom is 0.277 e. The van der Waals surface area contributed by atoms with Gasteiger partial charge in [0, 0.05) is 17.2 Å². The summed E-state index contributed by atoms with van der Waals surface area (Å²) in [7, 11) is -3.91. The number of alkyl halides is 4. The maximum atomic E-state index is 15.1. The van der Waals surface area contributed by atoms with Crippen molar-refractivity contribution in [2.75, 3.05) is 12.3 Å². The molecule has 0 bridgehead atoms. The van der Waals surface area contributed by atoms with E-state index in [-0.39, 0.29) is 34.4 Å². The van der Waals surface area contributed by atoms with Gasteiger partial charge in [0.25, 0.3) is 12.3 Å². The molecule has 164 valence electrons. The van der Waals surface area contributed by atoms with Crippen molar-refractivity contribution in [3.8, 4) is 11.1 Å². The number of benzene rings is 2. The average molecular weight is 448 g/mol. The second-order valence-corrected chi connectivity index (χ2v) is 9.20. The fraction of sp³-hybridized carbons (Fsp3) is 0.400. The Bertz CT molecular complexity index is 1010. The Morgan fingerprint density at radius 2 is 1.90 bits per heavy atom. The largest absolute Gasteiger partial charge is 0.306 e. The summed E-state index contributed by atoms with van der Waals surface area (Å²) in [6.07, 6.45) is -2.92. The highest BCUT2D eigenvalue weighted by Gasteiger charge is 2.51. The average Bonchev–Trinajstić information content (AvgIpc) is 2.97. The lowest BCUT2D eigenvalue weighted by Gasteiger charge is -2.24. The van der Waals surface area contributed by atoms with E-state index in [0.717, 1.165) is 0 Å². The van der Waals surface area contributed by atoms with Crippen LogP contribution in [0.15, 0.2) is 42.5 Å². The number of nitrogens with one attached hydrogen (secondary N) is 2. The molecule has 0 spiro atoms. The Hall–Kier alpha value is -2.04. The van der Waals surface area contributed by atoms with Gasteiger partial charge in [-0.05, 0) is 30.5 Å². The number of sulfonamides is 1. The summed E-state index contributed by atoms with van der Waals surface area (Å²) in [5, 5.41) is 2.56. The quantitative estimate of drug-likeness (QED) is 0.632. The summed E-state index contributed by atoms with van der Waals surface area (Å²) in [5.74, 6) is -4.43. The molecule has 3 rings (SSSR count). The molecule has 0 saturated carbocycles. The van der Waals surface area contributed by atoms with Gasteiger partial charge in [-0.25, -0.2) is 35.1 Å². The van der Waals surface area contributed by atoms with Crippen molar-refractivity contribution in [2.45, 2.75) is 37.8 Å². The number of halogens is 5. The minimum atomic E-state index is -3.91. The lowest BCUT2D eigenvalue weighted by atomic mass is 9.95. The first-order valence-electron chi connectivity index (χ1n) is 9.31. The van der Waals surface area contributed by atoms with Crippen molar-refractivity contribution in [3.05, 3.63) is 59.4 Å². The zero-order valence-corrected chi connectivity index (χ0v) is 16.8. The summed E-state index contributed by atoms with van der Waals surface area (Å²) in [6.45, 7) is 0.584.